The minimum Gasteiger partial charge on any atom is -0.278 e. The fraction of sp³-hybridized carbons (Fsp3) is 0.154. The van der Waals surface area contributed by atoms with E-state index in [-0.39, 0.29) is 5.82 Å². The first-order chi connectivity index (χ1) is 8.22. The van der Waals surface area contributed by atoms with Crippen molar-refractivity contribution in [1.29, 1.82) is 0 Å². The molecule has 0 unspecified atom stereocenters. The number of nitrogens with zero attached hydrogens (tertiary/aromatic N) is 1. The molecule has 0 saturated heterocycles. The number of aromatic nitrogens is 2. The molecular formula is C13H10BrFN2. The molecule has 0 aliphatic carbocycles. The van der Waals surface area contributed by atoms with Gasteiger partial charge in [-0.25, -0.2) is 4.39 Å². The van der Waals surface area contributed by atoms with Gasteiger partial charge in [-0.05, 0) is 45.4 Å². The summed E-state index contributed by atoms with van der Waals surface area (Å²) in [6.45, 7) is 1.96. The number of halogens is 2. The number of fused-ring (bicyclic) bond motifs is 2. The van der Waals surface area contributed by atoms with E-state index in [9.17, 15) is 4.39 Å². The summed E-state index contributed by atoms with van der Waals surface area (Å²) in [5.74, 6) is -0.149. The Hall–Kier alpha value is -1.42. The quantitative estimate of drug-likeness (QED) is 0.716. The zero-order valence-electron chi connectivity index (χ0n) is 9.22. The van der Waals surface area contributed by atoms with Crippen LogP contribution < -0.4 is 0 Å². The number of rotatable bonds is 1. The Kier molecular flexibility index (Phi) is 2.40. The molecule has 0 saturated carbocycles. The fourth-order valence-corrected chi connectivity index (χ4v) is 3.02. The van der Waals surface area contributed by atoms with E-state index in [4.69, 9.17) is 0 Å². The molecule has 0 spiro atoms. The van der Waals surface area contributed by atoms with Gasteiger partial charge in [-0.1, -0.05) is 13.0 Å². The molecule has 1 aromatic heterocycles. The van der Waals surface area contributed by atoms with Crippen LogP contribution >= 0.6 is 15.9 Å². The molecule has 4 heteroatoms. The van der Waals surface area contributed by atoms with Crippen LogP contribution in [-0.4, -0.2) is 10.2 Å². The summed E-state index contributed by atoms with van der Waals surface area (Å²) in [4.78, 5) is 0. The van der Waals surface area contributed by atoms with Gasteiger partial charge < -0.3 is 0 Å². The van der Waals surface area contributed by atoms with Gasteiger partial charge in [-0.2, -0.15) is 5.10 Å². The van der Waals surface area contributed by atoms with Crippen LogP contribution in [0.1, 0.15) is 12.5 Å². The molecule has 1 N–H and O–H groups in total. The summed E-state index contributed by atoms with van der Waals surface area (Å²) >= 11 is 3.56. The first-order valence-electron chi connectivity index (χ1n) is 5.45. The Morgan fingerprint density at radius 2 is 2.24 bits per heavy atom. The van der Waals surface area contributed by atoms with Crippen molar-refractivity contribution in [2.45, 2.75) is 13.3 Å². The van der Waals surface area contributed by atoms with Crippen molar-refractivity contribution in [1.82, 2.24) is 10.2 Å². The highest BCUT2D eigenvalue weighted by Crippen LogP contribution is 2.35. The van der Waals surface area contributed by atoms with E-state index in [0.717, 1.165) is 31.7 Å². The van der Waals surface area contributed by atoms with Gasteiger partial charge >= 0.3 is 0 Å². The smallest absolute Gasteiger partial charge is 0.127 e. The predicted octanol–water partition coefficient (Wildman–Crippen LogP) is 4.18. The number of H-pyrrole nitrogens is 1. The molecule has 2 aromatic carbocycles. The first-order valence-corrected chi connectivity index (χ1v) is 6.24. The summed E-state index contributed by atoms with van der Waals surface area (Å²) < 4.78 is 14.7. The van der Waals surface area contributed by atoms with Crippen LogP contribution in [0.3, 0.4) is 0 Å². The maximum absolute atomic E-state index is 13.8. The van der Waals surface area contributed by atoms with Crippen molar-refractivity contribution in [3.8, 4) is 0 Å². The number of aryl methyl sites for hydroxylation is 1. The third kappa shape index (κ3) is 1.47. The second kappa shape index (κ2) is 3.81. The molecule has 17 heavy (non-hydrogen) atoms. The van der Waals surface area contributed by atoms with E-state index < -0.39 is 0 Å². The van der Waals surface area contributed by atoms with Crippen molar-refractivity contribution >= 4 is 37.6 Å². The van der Waals surface area contributed by atoms with Gasteiger partial charge in [0, 0.05) is 15.2 Å². The number of nitrogens with one attached hydrogen (secondary N) is 1. The second-order valence-corrected chi connectivity index (χ2v) is 4.79. The molecule has 86 valence electrons. The van der Waals surface area contributed by atoms with Gasteiger partial charge in [0.05, 0.1) is 11.7 Å². The van der Waals surface area contributed by atoms with Gasteiger partial charge in [-0.3, -0.25) is 5.10 Å². The predicted molar refractivity (Wildman–Crippen MR) is 70.6 cm³/mol. The first kappa shape index (κ1) is 10.7. The molecule has 2 nitrogen and oxygen atoms in total. The Bertz CT molecular complexity index is 718. The molecule has 0 aliphatic rings. The van der Waals surface area contributed by atoms with Gasteiger partial charge in [0.2, 0.25) is 0 Å². The highest BCUT2D eigenvalue weighted by Gasteiger charge is 2.12. The lowest BCUT2D eigenvalue weighted by Crippen LogP contribution is -1.91. The summed E-state index contributed by atoms with van der Waals surface area (Å²) in [6, 6.07) is 5.33. The number of hydrogen-bond donors (Lipinski definition) is 1. The van der Waals surface area contributed by atoms with Crippen molar-refractivity contribution in [2.75, 3.05) is 0 Å². The lowest BCUT2D eigenvalue weighted by molar-refractivity contribution is 0.615. The van der Waals surface area contributed by atoms with Crippen LogP contribution in [-0.2, 0) is 6.42 Å². The molecule has 0 fully saturated rings. The standard InChI is InChI=1S/C13H10BrFN2/c1-2-8-10(15)4-3-7-5-11-9(6-16-17-11)13(14)12(7)8/h3-6H,2H2,1H3,(H,16,17). The zero-order valence-corrected chi connectivity index (χ0v) is 10.8. The largest absolute Gasteiger partial charge is 0.278 e. The van der Waals surface area contributed by atoms with E-state index in [1.165, 1.54) is 6.07 Å². The maximum Gasteiger partial charge on any atom is 0.127 e. The van der Waals surface area contributed by atoms with E-state index in [1.54, 1.807) is 12.3 Å². The van der Waals surface area contributed by atoms with Crippen molar-refractivity contribution in [3.05, 3.63) is 40.2 Å². The van der Waals surface area contributed by atoms with Gasteiger partial charge in [0.15, 0.2) is 0 Å². The summed E-state index contributed by atoms with van der Waals surface area (Å²) in [6.07, 6.45) is 2.42. The van der Waals surface area contributed by atoms with E-state index >= 15 is 0 Å². The molecule has 3 aromatic rings. The van der Waals surface area contributed by atoms with E-state index in [2.05, 4.69) is 26.1 Å². The molecule has 1 heterocycles. The van der Waals surface area contributed by atoms with Crippen molar-refractivity contribution in [2.24, 2.45) is 0 Å². The molecular weight excluding hydrogens is 283 g/mol. The molecule has 0 amide bonds. The number of benzene rings is 2. The monoisotopic (exact) mass is 292 g/mol. The maximum atomic E-state index is 13.8. The lowest BCUT2D eigenvalue weighted by atomic mass is 10.0. The van der Waals surface area contributed by atoms with E-state index in [0.29, 0.717) is 6.42 Å². The van der Waals surface area contributed by atoms with Gasteiger partial charge in [0.25, 0.3) is 0 Å². The van der Waals surface area contributed by atoms with Crippen LogP contribution in [0.2, 0.25) is 0 Å². The number of aromatic amines is 1. The second-order valence-electron chi connectivity index (χ2n) is 4.00. The SMILES string of the molecule is CCc1c(F)ccc2cc3[nH]ncc3c(Br)c12. The molecule has 3 rings (SSSR count). The lowest BCUT2D eigenvalue weighted by Gasteiger charge is -2.08. The average molecular weight is 293 g/mol. The van der Waals surface area contributed by atoms with Crippen LogP contribution in [0.5, 0.6) is 0 Å². The van der Waals surface area contributed by atoms with Crippen molar-refractivity contribution < 1.29 is 4.39 Å². The Morgan fingerprint density at radius 1 is 1.41 bits per heavy atom. The molecule has 0 aliphatic heterocycles. The average Bonchev–Trinajstić information content (AvgIpc) is 2.78. The number of hydrogen-bond acceptors (Lipinski definition) is 1. The molecule has 0 bridgehead atoms. The Labute approximate surface area is 106 Å². The minimum atomic E-state index is -0.149. The Balaban J connectivity index is 2.57. The van der Waals surface area contributed by atoms with Gasteiger partial charge in [0.1, 0.15) is 5.82 Å². The highest BCUT2D eigenvalue weighted by molar-refractivity contribution is 9.10. The molecule has 0 atom stereocenters. The topological polar surface area (TPSA) is 28.7 Å². The van der Waals surface area contributed by atoms with Crippen LogP contribution in [0.4, 0.5) is 4.39 Å². The third-order valence-electron chi connectivity index (χ3n) is 3.07. The zero-order chi connectivity index (χ0) is 12.0. The Morgan fingerprint density at radius 3 is 3.00 bits per heavy atom. The van der Waals surface area contributed by atoms with Gasteiger partial charge in [-0.15, -0.1) is 0 Å². The van der Waals surface area contributed by atoms with E-state index in [1.807, 2.05) is 13.0 Å². The molecule has 0 radical (unpaired) electrons. The minimum absolute atomic E-state index is 0.149. The normalized spacial score (nSPS) is 11.5. The summed E-state index contributed by atoms with van der Waals surface area (Å²) in [5, 5.41) is 9.90. The van der Waals surface area contributed by atoms with Crippen LogP contribution in [0.25, 0.3) is 21.7 Å². The van der Waals surface area contributed by atoms with Crippen LogP contribution in [0, 0.1) is 5.82 Å². The van der Waals surface area contributed by atoms with Crippen molar-refractivity contribution in [3.63, 3.8) is 0 Å². The fourth-order valence-electron chi connectivity index (χ4n) is 2.24. The summed E-state index contributed by atoms with van der Waals surface area (Å²) in [7, 11) is 0. The highest BCUT2D eigenvalue weighted by atomic mass is 79.9. The summed E-state index contributed by atoms with van der Waals surface area (Å²) in [5.41, 5.74) is 1.70. The van der Waals surface area contributed by atoms with Crippen LogP contribution in [0.15, 0.2) is 28.9 Å². The third-order valence-corrected chi connectivity index (χ3v) is 3.89.